The number of ether oxygens (including phenoxy) is 1. The van der Waals surface area contributed by atoms with E-state index in [0.717, 1.165) is 24.8 Å². The molecule has 146 valence electrons. The van der Waals surface area contributed by atoms with Crippen molar-refractivity contribution in [2.24, 2.45) is 28.6 Å². The molecule has 27 heavy (non-hydrogen) atoms. The average molecular weight is 372 g/mol. The van der Waals surface area contributed by atoms with Crippen LogP contribution in [-0.2, 0) is 14.3 Å². The van der Waals surface area contributed by atoms with E-state index in [1.807, 2.05) is 19.9 Å². The molecule has 3 saturated carbocycles. The van der Waals surface area contributed by atoms with E-state index in [4.69, 9.17) is 4.74 Å². The Bertz CT molecular complexity index is 814. The van der Waals surface area contributed by atoms with Crippen LogP contribution in [0.1, 0.15) is 46.5 Å². The average Bonchev–Trinajstić information content (AvgIpc) is 3.31. The molecule has 1 spiro atoms. The van der Waals surface area contributed by atoms with Gasteiger partial charge in [-0.3, -0.25) is 9.59 Å². The van der Waals surface area contributed by atoms with Crippen LogP contribution in [-0.4, -0.2) is 45.7 Å². The van der Waals surface area contributed by atoms with Crippen LogP contribution < -0.4 is 0 Å². The van der Waals surface area contributed by atoms with Crippen molar-refractivity contribution >= 4 is 11.6 Å². The second kappa shape index (κ2) is 5.00. The molecular weight excluding hydrogens is 344 g/mol. The highest BCUT2D eigenvalue weighted by molar-refractivity contribution is 6.01. The Kier molecular flexibility index (Phi) is 3.29. The van der Waals surface area contributed by atoms with Gasteiger partial charge in [-0.1, -0.05) is 25.5 Å². The molecule has 1 saturated heterocycles. The Morgan fingerprint density at radius 2 is 2.07 bits per heavy atom. The number of hydrogen-bond acceptors (Lipinski definition) is 5. The first kappa shape index (κ1) is 17.8. The topological polar surface area (TPSA) is 87.1 Å². The minimum atomic E-state index is -1.50. The van der Waals surface area contributed by atoms with Crippen LogP contribution >= 0.6 is 0 Å². The molecule has 0 unspecified atom stereocenters. The highest BCUT2D eigenvalue weighted by Crippen LogP contribution is 2.76. The molecule has 4 fully saturated rings. The lowest BCUT2D eigenvalue weighted by atomic mass is 9.46. The fourth-order valence-electron chi connectivity index (χ4n) is 7.70. The van der Waals surface area contributed by atoms with Crippen molar-refractivity contribution in [2.45, 2.75) is 63.8 Å². The maximum Gasteiger partial charge on any atom is 0.190 e. The molecule has 5 nitrogen and oxygen atoms in total. The van der Waals surface area contributed by atoms with Crippen molar-refractivity contribution in [3.8, 4) is 0 Å². The van der Waals surface area contributed by atoms with Gasteiger partial charge in [-0.2, -0.15) is 0 Å². The van der Waals surface area contributed by atoms with Crippen molar-refractivity contribution in [2.75, 3.05) is 6.61 Å². The number of carbonyl (C=O) groups is 2. The summed E-state index contributed by atoms with van der Waals surface area (Å²) in [4.78, 5) is 24.5. The van der Waals surface area contributed by atoms with Gasteiger partial charge in [0.1, 0.15) is 17.8 Å². The zero-order chi connectivity index (χ0) is 19.4. The smallest absolute Gasteiger partial charge is 0.190 e. The Balaban J connectivity index is 1.60. The Labute approximate surface area is 159 Å². The van der Waals surface area contributed by atoms with Crippen LogP contribution in [0.25, 0.3) is 0 Å². The first-order valence-corrected chi connectivity index (χ1v) is 10.1. The lowest BCUT2D eigenvalue weighted by Gasteiger charge is -2.55. The summed E-state index contributed by atoms with van der Waals surface area (Å²) in [6.07, 6.45) is 8.58. The summed E-state index contributed by atoms with van der Waals surface area (Å²) < 4.78 is 6.43. The highest BCUT2D eigenvalue weighted by Gasteiger charge is 2.81. The molecule has 8 atom stereocenters. The van der Waals surface area contributed by atoms with Crippen LogP contribution in [0.3, 0.4) is 0 Å². The number of aliphatic hydroxyl groups is 2. The van der Waals surface area contributed by atoms with E-state index in [9.17, 15) is 19.8 Å². The van der Waals surface area contributed by atoms with Crippen molar-refractivity contribution < 1.29 is 24.5 Å². The largest absolute Gasteiger partial charge is 0.388 e. The van der Waals surface area contributed by atoms with E-state index in [2.05, 4.69) is 6.92 Å². The number of aliphatic hydroxyl groups excluding tert-OH is 1. The molecule has 0 amide bonds. The van der Waals surface area contributed by atoms with Crippen LogP contribution in [0.15, 0.2) is 23.8 Å². The zero-order valence-electron chi connectivity index (χ0n) is 16.2. The number of hydrogen-bond donors (Lipinski definition) is 2. The molecular formula is C22H28O5. The third-order valence-corrected chi connectivity index (χ3v) is 9.08. The Morgan fingerprint density at radius 3 is 2.78 bits per heavy atom. The van der Waals surface area contributed by atoms with Gasteiger partial charge in [0, 0.05) is 10.8 Å². The van der Waals surface area contributed by atoms with E-state index in [-0.39, 0.29) is 40.7 Å². The standard InChI is InChI=1S/C22H28O5/c1-12-8-16-15-5-4-13-9-14(24)6-7-19(13,2)22(15)18(27-22)10-20(16,3)21(12,26)17(25)11-23/h6-7,9,12,15-16,18,23,26H,4-5,8,10-11H2,1-3H3/t12-,15-,16-,18-,19-,20-,21+,22-/m0/s1. The Morgan fingerprint density at radius 1 is 1.33 bits per heavy atom. The second-order valence-electron chi connectivity index (χ2n) is 9.86. The molecule has 2 N–H and O–H groups in total. The summed E-state index contributed by atoms with van der Waals surface area (Å²) in [7, 11) is 0. The number of Topliss-reactive ketones (excluding diaryl/α,β-unsaturated/α-hetero) is 1. The van der Waals surface area contributed by atoms with E-state index < -0.39 is 23.4 Å². The molecule has 0 bridgehead atoms. The number of rotatable bonds is 2. The molecule has 1 heterocycles. The van der Waals surface area contributed by atoms with Gasteiger partial charge in [0.2, 0.25) is 0 Å². The predicted molar refractivity (Wildman–Crippen MR) is 97.7 cm³/mol. The van der Waals surface area contributed by atoms with Crippen molar-refractivity contribution in [1.29, 1.82) is 0 Å². The second-order valence-corrected chi connectivity index (χ2v) is 9.86. The molecule has 0 radical (unpaired) electrons. The number of fused-ring (bicyclic) bond motifs is 3. The first-order valence-electron chi connectivity index (χ1n) is 10.1. The number of ketones is 2. The maximum absolute atomic E-state index is 12.6. The van der Waals surface area contributed by atoms with Crippen LogP contribution in [0.2, 0.25) is 0 Å². The fraction of sp³-hybridized carbons (Fsp3) is 0.727. The van der Waals surface area contributed by atoms with E-state index >= 15 is 0 Å². The van der Waals surface area contributed by atoms with Crippen LogP contribution in [0.4, 0.5) is 0 Å². The summed E-state index contributed by atoms with van der Waals surface area (Å²) >= 11 is 0. The number of epoxide rings is 1. The summed E-state index contributed by atoms with van der Waals surface area (Å²) in [6, 6.07) is 0. The molecule has 0 aromatic carbocycles. The van der Waals surface area contributed by atoms with Crippen molar-refractivity contribution in [3.05, 3.63) is 23.8 Å². The minimum absolute atomic E-state index is 0.0291. The molecule has 1 aliphatic heterocycles. The predicted octanol–water partition coefficient (Wildman–Crippen LogP) is 1.96. The summed E-state index contributed by atoms with van der Waals surface area (Å²) in [6.45, 7) is 5.51. The minimum Gasteiger partial charge on any atom is -0.388 e. The van der Waals surface area contributed by atoms with Gasteiger partial charge in [0.25, 0.3) is 0 Å². The van der Waals surface area contributed by atoms with E-state index in [1.54, 1.807) is 12.2 Å². The third-order valence-electron chi connectivity index (χ3n) is 9.08. The lowest BCUT2D eigenvalue weighted by molar-refractivity contribution is -0.165. The summed E-state index contributed by atoms with van der Waals surface area (Å²) in [5.41, 5.74) is -1.55. The summed E-state index contributed by atoms with van der Waals surface area (Å²) in [5.74, 6) is -0.193. The Hall–Kier alpha value is -1.30. The van der Waals surface area contributed by atoms with Gasteiger partial charge >= 0.3 is 0 Å². The van der Waals surface area contributed by atoms with Gasteiger partial charge in [-0.25, -0.2) is 0 Å². The SMILES string of the molecule is C[C@H]1C[C@H]2[C@@H]3CCC4=CC(=O)C=C[C@]4(C)[C@]34O[C@H]4C[C@]2(C)[C@]1(O)C(=O)CO. The number of carbonyl (C=O) groups excluding carboxylic acids is 2. The maximum atomic E-state index is 12.6. The number of allylic oxidation sites excluding steroid dienone is 2. The van der Waals surface area contributed by atoms with Gasteiger partial charge in [0.05, 0.1) is 6.10 Å². The van der Waals surface area contributed by atoms with Crippen LogP contribution in [0.5, 0.6) is 0 Å². The molecule has 0 aromatic rings. The van der Waals surface area contributed by atoms with Gasteiger partial charge in [-0.05, 0) is 62.5 Å². The molecule has 5 aliphatic rings. The van der Waals surface area contributed by atoms with Crippen LogP contribution in [0, 0.1) is 28.6 Å². The lowest BCUT2D eigenvalue weighted by Crippen LogP contribution is -2.62. The summed E-state index contributed by atoms with van der Waals surface area (Å²) in [5, 5.41) is 21.0. The fourth-order valence-corrected chi connectivity index (χ4v) is 7.70. The monoisotopic (exact) mass is 372 g/mol. The molecule has 4 aliphatic carbocycles. The normalized spacial score (nSPS) is 55.1. The molecule has 5 rings (SSSR count). The van der Waals surface area contributed by atoms with Gasteiger partial charge in [0.15, 0.2) is 11.6 Å². The highest BCUT2D eigenvalue weighted by atomic mass is 16.6. The van der Waals surface area contributed by atoms with Gasteiger partial charge < -0.3 is 14.9 Å². The quantitative estimate of drug-likeness (QED) is 0.724. The molecule has 0 aromatic heterocycles. The molecule has 5 heteroatoms. The van der Waals surface area contributed by atoms with Crippen molar-refractivity contribution in [1.82, 2.24) is 0 Å². The third kappa shape index (κ3) is 1.73. The first-order chi connectivity index (χ1) is 12.6. The van der Waals surface area contributed by atoms with Gasteiger partial charge in [-0.15, -0.1) is 0 Å². The zero-order valence-corrected chi connectivity index (χ0v) is 16.2. The van der Waals surface area contributed by atoms with E-state index in [1.165, 1.54) is 0 Å². The van der Waals surface area contributed by atoms with Crippen molar-refractivity contribution in [3.63, 3.8) is 0 Å². The van der Waals surface area contributed by atoms with E-state index in [0.29, 0.717) is 6.42 Å².